The fourth-order valence-corrected chi connectivity index (χ4v) is 15.3. The van der Waals surface area contributed by atoms with Crippen molar-refractivity contribution in [3.63, 3.8) is 0 Å². The van der Waals surface area contributed by atoms with Gasteiger partial charge in [-0.1, -0.05) is 79.1 Å². The van der Waals surface area contributed by atoms with Crippen molar-refractivity contribution in [3.05, 3.63) is 46.5 Å². The van der Waals surface area contributed by atoms with Crippen molar-refractivity contribution in [1.29, 1.82) is 0 Å². The second kappa shape index (κ2) is 11.6. The molecule has 1 aromatic carbocycles. The third-order valence-corrected chi connectivity index (χ3v) is 18.0. The number of Topliss-reactive ketones (excluding diaryl/α,β-unsaturated/α-hetero) is 4. The Bertz CT molecular complexity index is 2070. The first kappa shape index (κ1) is 33.9. The zero-order valence-electron chi connectivity index (χ0n) is 31.8. The van der Waals surface area contributed by atoms with Gasteiger partial charge in [-0.05, 0) is 107 Å². The van der Waals surface area contributed by atoms with Crippen LogP contribution in [0.5, 0.6) is 0 Å². The fraction of sp³-hybridized carbons (Fsp3) is 0.565. The second-order valence-electron chi connectivity index (χ2n) is 19.2. The highest BCUT2D eigenvalue weighted by atomic mass is 32.1. The zero-order valence-corrected chi connectivity index (χ0v) is 33.4. The van der Waals surface area contributed by atoms with Crippen LogP contribution in [0.4, 0.5) is 10.0 Å². The van der Waals surface area contributed by atoms with E-state index in [0.717, 1.165) is 35.7 Å². The molecule has 0 amide bonds. The summed E-state index contributed by atoms with van der Waals surface area (Å²) in [7, 11) is 0. The first-order chi connectivity index (χ1) is 25.9. The summed E-state index contributed by atoms with van der Waals surface area (Å²) in [5.41, 5.74) is 7.15. The molecule has 0 radical (unpaired) electrons. The number of carbonyl (C=O) groups excluding carboxylic acids is 4. The van der Waals surface area contributed by atoms with E-state index in [1.807, 2.05) is 0 Å². The van der Waals surface area contributed by atoms with Crippen LogP contribution < -0.4 is 0 Å². The Balaban J connectivity index is 0.907. The highest BCUT2D eigenvalue weighted by Crippen LogP contribution is 2.61. The Morgan fingerprint density at radius 3 is 1.11 bits per heavy atom. The van der Waals surface area contributed by atoms with Gasteiger partial charge in [-0.25, -0.2) is 9.98 Å². The van der Waals surface area contributed by atoms with Gasteiger partial charge in [0.05, 0.1) is 0 Å². The van der Waals surface area contributed by atoms with Crippen LogP contribution in [0, 0.1) is 47.3 Å². The molecule has 8 atom stereocenters. The van der Waals surface area contributed by atoms with Crippen LogP contribution >= 0.6 is 22.7 Å². The van der Waals surface area contributed by atoms with Crippen molar-refractivity contribution in [3.8, 4) is 20.9 Å². The maximum Gasteiger partial charge on any atom is 0.188 e. The van der Waals surface area contributed by atoms with E-state index in [2.05, 4.69) is 52.0 Å². The largest absolute Gasteiger partial charge is 0.292 e. The lowest BCUT2D eigenvalue weighted by Crippen LogP contribution is -2.35. The van der Waals surface area contributed by atoms with Gasteiger partial charge in [-0.2, -0.15) is 0 Å². The van der Waals surface area contributed by atoms with E-state index in [0.29, 0.717) is 23.7 Å². The third-order valence-electron chi connectivity index (χ3n) is 15.8. The molecular formula is C46H48N2O4S2. The number of benzene rings is 1. The average Bonchev–Trinajstić information content (AvgIpc) is 3.97. The van der Waals surface area contributed by atoms with Crippen molar-refractivity contribution >= 4 is 67.2 Å². The van der Waals surface area contributed by atoms with E-state index in [-0.39, 0.29) is 69.1 Å². The molecule has 2 aromatic heterocycles. The molecule has 3 aromatic rings. The molecule has 6 nitrogen and oxygen atoms in total. The van der Waals surface area contributed by atoms with Crippen molar-refractivity contribution in [1.82, 2.24) is 0 Å². The van der Waals surface area contributed by atoms with Gasteiger partial charge < -0.3 is 0 Å². The summed E-state index contributed by atoms with van der Waals surface area (Å²) in [5, 5.41) is 1.51. The van der Waals surface area contributed by atoms with Crippen LogP contribution in [-0.4, -0.2) is 34.6 Å². The molecular weight excluding hydrogens is 709 g/mol. The summed E-state index contributed by atoms with van der Waals surface area (Å²) in [5.74, 6) is 1.57. The van der Waals surface area contributed by atoms with Gasteiger partial charge in [-0.15, -0.1) is 22.7 Å². The molecule has 2 heterocycles. The number of thiophene rings is 2. The van der Waals surface area contributed by atoms with Gasteiger partial charge in [-0.3, -0.25) is 19.2 Å². The molecule has 8 unspecified atom stereocenters. The number of nitrogens with zero attached hydrogens (tertiary/aromatic N) is 2. The second-order valence-corrected chi connectivity index (χ2v) is 21.3. The van der Waals surface area contributed by atoms with E-state index in [4.69, 9.17) is 9.98 Å². The minimum atomic E-state index is -0.286. The lowest BCUT2D eigenvalue weighted by atomic mass is 9.64. The molecule has 54 heavy (non-hydrogen) atoms. The molecule has 0 aliphatic heterocycles. The van der Waals surface area contributed by atoms with Gasteiger partial charge in [0.15, 0.2) is 34.6 Å². The molecule has 11 rings (SSSR count). The molecule has 278 valence electrons. The molecule has 8 aliphatic rings. The number of hydrogen-bond acceptors (Lipinski definition) is 8. The van der Waals surface area contributed by atoms with Crippen LogP contribution in [0.1, 0.15) is 127 Å². The first-order valence-corrected chi connectivity index (χ1v) is 22.4. The highest BCUT2D eigenvalue weighted by Gasteiger charge is 2.54. The summed E-state index contributed by atoms with van der Waals surface area (Å²) < 4.78 is 0. The zero-order chi connectivity index (χ0) is 37.0. The lowest BCUT2D eigenvalue weighted by Gasteiger charge is -2.39. The fourth-order valence-electron chi connectivity index (χ4n) is 12.8. The number of aliphatic imine (C=N–C) groups is 2. The van der Waals surface area contributed by atoms with E-state index in [1.165, 1.54) is 94.5 Å². The van der Waals surface area contributed by atoms with E-state index in [1.54, 1.807) is 22.7 Å². The number of rotatable bonds is 2. The molecule has 0 bridgehead atoms. The quantitative estimate of drug-likeness (QED) is 0.260. The van der Waals surface area contributed by atoms with Crippen molar-refractivity contribution in [2.24, 2.45) is 57.3 Å². The van der Waals surface area contributed by atoms with Crippen LogP contribution in [-0.2, 0) is 30.0 Å². The Hall–Kier alpha value is -3.36. The van der Waals surface area contributed by atoms with Gasteiger partial charge in [0.1, 0.15) is 10.0 Å². The predicted molar refractivity (Wildman–Crippen MR) is 215 cm³/mol. The molecule has 8 heteroatoms. The number of fused-ring (bicyclic) bond motifs is 10. The summed E-state index contributed by atoms with van der Waals surface area (Å²) in [6, 6.07) is 8.97. The molecule has 6 saturated carbocycles. The summed E-state index contributed by atoms with van der Waals surface area (Å²) in [4.78, 5) is 66.8. The van der Waals surface area contributed by atoms with Crippen LogP contribution in [0.2, 0.25) is 0 Å². The van der Waals surface area contributed by atoms with Crippen LogP contribution in [0.15, 0.2) is 34.3 Å². The van der Waals surface area contributed by atoms with Crippen LogP contribution in [0.3, 0.4) is 0 Å². The Morgan fingerprint density at radius 2 is 0.796 bits per heavy atom. The molecule has 6 fully saturated rings. The number of carbonyl (C=O) groups is 4. The lowest BCUT2D eigenvalue weighted by molar-refractivity contribution is -0.123. The normalized spacial score (nSPS) is 33.8. The highest BCUT2D eigenvalue weighted by molar-refractivity contribution is 7.20. The smallest absolute Gasteiger partial charge is 0.188 e. The number of ketones is 4. The predicted octanol–water partition coefficient (Wildman–Crippen LogP) is 10.5. The van der Waals surface area contributed by atoms with Gasteiger partial charge in [0.2, 0.25) is 0 Å². The van der Waals surface area contributed by atoms with Crippen LogP contribution in [0.25, 0.3) is 20.9 Å². The summed E-state index contributed by atoms with van der Waals surface area (Å²) in [6.45, 7) is 9.04. The standard InChI is InChI=1S/C46H48N2O4S2/c1-45(2)31-17-30-32(18-29(31)43-33(45)19-35(53-43)47-37-39(49)25-13-21-9-5-6-10-22(21)14-26(25)40(37)50)46(3,4)34-20-36(54-44(30)34)48-38-41(51)27-15-23-11-7-8-12-24(23)16-28(27)42(38)52/h17-28H,5-16H2,1-4H3. The van der Waals surface area contributed by atoms with Gasteiger partial charge in [0, 0.05) is 44.3 Å². The molecule has 0 N–H and O–H groups in total. The Labute approximate surface area is 325 Å². The van der Waals surface area contributed by atoms with Gasteiger partial charge in [0.25, 0.3) is 0 Å². The Morgan fingerprint density at radius 1 is 0.481 bits per heavy atom. The molecule has 0 spiro atoms. The maximum atomic E-state index is 13.7. The number of hydrogen-bond donors (Lipinski definition) is 0. The molecule has 0 saturated heterocycles. The van der Waals surface area contributed by atoms with Crippen molar-refractivity contribution in [2.75, 3.05) is 0 Å². The Kier molecular flexibility index (Phi) is 7.29. The topological polar surface area (TPSA) is 93.0 Å². The summed E-state index contributed by atoms with van der Waals surface area (Å²) in [6.07, 6.45) is 13.2. The monoisotopic (exact) mass is 756 g/mol. The SMILES string of the molecule is CC1(C)c2cc3c(cc2-c2sc(N=C4C(=O)C5CC6CCCCC6CC5C4=O)cc21)C(C)(C)c1cc(N=C2C(=O)C4CC5CCCCC5CC4C2=O)sc1-3. The van der Waals surface area contributed by atoms with E-state index >= 15 is 0 Å². The minimum Gasteiger partial charge on any atom is -0.292 e. The summed E-state index contributed by atoms with van der Waals surface area (Å²) >= 11 is 3.21. The van der Waals surface area contributed by atoms with E-state index < -0.39 is 0 Å². The van der Waals surface area contributed by atoms with Crippen molar-refractivity contribution in [2.45, 2.75) is 116 Å². The minimum absolute atomic E-state index is 0.0183. The first-order valence-electron chi connectivity index (χ1n) is 20.7. The third kappa shape index (κ3) is 4.62. The van der Waals surface area contributed by atoms with Crippen molar-refractivity contribution < 1.29 is 19.2 Å². The average molecular weight is 757 g/mol. The van der Waals surface area contributed by atoms with E-state index in [9.17, 15) is 19.2 Å². The van der Waals surface area contributed by atoms with Gasteiger partial charge >= 0.3 is 0 Å². The maximum absolute atomic E-state index is 13.7. The molecule has 8 aliphatic carbocycles.